The lowest BCUT2D eigenvalue weighted by Gasteiger charge is -1.61. The number of halogens is 2. The van der Waals surface area contributed by atoms with E-state index >= 15 is 0 Å². The molecule has 4 heavy (non-hydrogen) atoms. The lowest BCUT2D eigenvalue weighted by atomic mass is 11.9. The summed E-state index contributed by atoms with van der Waals surface area (Å²) in [5.41, 5.74) is 0. The van der Waals surface area contributed by atoms with Crippen LogP contribution in [0.3, 0.4) is 0 Å². The van der Waals surface area contributed by atoms with E-state index in [9.17, 15) is 0 Å². The minimum Gasteiger partial charge on any atom is -0.191 e. The molecule has 0 aromatic carbocycles. The Morgan fingerprint density at radius 3 is 1.50 bits per heavy atom. The number of hydrogen-bond donors (Lipinski definition) is 0. The summed E-state index contributed by atoms with van der Waals surface area (Å²) in [6.45, 7) is 0. The van der Waals surface area contributed by atoms with E-state index < -0.39 is 0 Å². The van der Waals surface area contributed by atoms with Crippen molar-refractivity contribution in [2.75, 3.05) is 0 Å². The molecule has 0 rings (SSSR count). The average molecular weight is 296 g/mol. The molecule has 0 nitrogen and oxygen atoms in total. The van der Waals surface area contributed by atoms with Crippen LogP contribution in [0.1, 0.15) is 0 Å². The van der Waals surface area contributed by atoms with Crippen LogP contribution in [-0.4, -0.2) is 7.58 Å². The van der Waals surface area contributed by atoms with E-state index in [1.165, 1.54) is 0 Å². The zero-order chi connectivity index (χ0) is 3.58. The highest BCUT2D eigenvalue weighted by molar-refractivity contribution is 14.3. The summed E-state index contributed by atoms with van der Waals surface area (Å²) in [5.74, 6) is 2.28. The van der Waals surface area contributed by atoms with E-state index in [1.807, 2.05) is 0 Å². The molecule has 0 amide bonds. The maximum absolute atomic E-state index is 2.47. The summed E-state index contributed by atoms with van der Waals surface area (Å²) in [4.78, 5) is 0. The standard InChI is InChI=1S/CH3.Al.2HI/h1H3;;2*1H/q;+2;;/p-2. The van der Waals surface area contributed by atoms with Gasteiger partial charge in [-0.15, -0.1) is 0 Å². The fourth-order valence-electron chi connectivity index (χ4n) is 0. The van der Waals surface area contributed by atoms with Gasteiger partial charge < -0.3 is 0 Å². The molecule has 0 aromatic heterocycles. The van der Waals surface area contributed by atoms with Crippen LogP contribution in [0.4, 0.5) is 0 Å². The van der Waals surface area contributed by atoms with E-state index in [0.717, 1.165) is 0 Å². The highest BCUT2D eigenvalue weighted by atomic mass is 127. The van der Waals surface area contributed by atoms with Gasteiger partial charge in [0.15, 0.2) is 0 Å². The van der Waals surface area contributed by atoms with Crippen molar-refractivity contribution in [3.63, 3.8) is 0 Å². The third kappa shape index (κ3) is 9.01. The Morgan fingerprint density at radius 2 is 1.50 bits per heavy atom. The molecule has 0 aliphatic carbocycles. The van der Waals surface area contributed by atoms with Crippen molar-refractivity contribution < 1.29 is 0 Å². The monoisotopic (exact) mass is 296 g/mol. The van der Waals surface area contributed by atoms with Gasteiger partial charge in [-0.25, -0.2) is 0 Å². The van der Waals surface area contributed by atoms with Gasteiger partial charge in [0, 0.05) is 0 Å². The summed E-state index contributed by atoms with van der Waals surface area (Å²) >= 11 is 4.94. The molecule has 24 valence electrons. The number of rotatable bonds is 0. The quantitative estimate of drug-likeness (QED) is 0.473. The summed E-state index contributed by atoms with van der Waals surface area (Å²) < 4.78 is 0. The van der Waals surface area contributed by atoms with Gasteiger partial charge in [-0.05, 0) is 0 Å². The molecule has 0 radical (unpaired) electrons. The first-order valence-corrected chi connectivity index (χ1v) is 10.5. The van der Waals surface area contributed by atoms with Crippen molar-refractivity contribution in [1.82, 2.24) is 0 Å². The van der Waals surface area contributed by atoms with Crippen molar-refractivity contribution in [3.8, 4) is 0 Å². The minimum atomic E-state index is -0.199. The first kappa shape index (κ1) is 5.99. The second-order valence-electron chi connectivity index (χ2n) is 0.519. The van der Waals surface area contributed by atoms with Gasteiger partial charge >= 0.3 is 7.58 Å². The molecule has 0 atom stereocenters. The third-order valence-electron chi connectivity index (χ3n) is 0. The fourth-order valence-corrected chi connectivity index (χ4v) is 0. The maximum atomic E-state index is 2.47. The molecular weight excluding hydrogens is 293 g/mol. The van der Waals surface area contributed by atoms with Gasteiger partial charge in [0.2, 0.25) is 0 Å². The van der Waals surface area contributed by atoms with Crippen molar-refractivity contribution in [2.24, 2.45) is 0 Å². The summed E-state index contributed by atoms with van der Waals surface area (Å²) in [6, 6.07) is 0. The summed E-state index contributed by atoms with van der Waals surface area (Å²) in [6.07, 6.45) is 0. The Kier molecular flexibility index (Phi) is 4.78. The molecule has 0 aliphatic rings. The zero-order valence-corrected chi connectivity index (χ0v) is 7.80. The molecule has 3 heteroatoms. The summed E-state index contributed by atoms with van der Waals surface area (Å²) in [7, 11) is -0.199. The Labute approximate surface area is 53.1 Å². The molecule has 0 unspecified atom stereocenters. The molecule has 0 aromatic rings. The van der Waals surface area contributed by atoms with E-state index in [1.54, 1.807) is 0 Å². The predicted octanol–water partition coefficient (Wildman–Crippen LogP) is 1.97. The van der Waals surface area contributed by atoms with Crippen LogP contribution in [0, 0.1) is 0 Å². The molecular formula is CH3AlI2. The van der Waals surface area contributed by atoms with Crippen LogP contribution in [0.5, 0.6) is 0 Å². The lowest BCUT2D eigenvalue weighted by Crippen LogP contribution is -1.68. The third-order valence-corrected chi connectivity index (χ3v) is 0. The van der Waals surface area contributed by atoms with E-state index in [2.05, 4.69) is 46.3 Å². The van der Waals surface area contributed by atoms with Gasteiger partial charge in [-0.2, -0.15) is 40.5 Å². The van der Waals surface area contributed by atoms with E-state index in [-0.39, 0.29) is 7.58 Å². The minimum absolute atomic E-state index is 0.199. The molecule has 0 fully saturated rings. The van der Waals surface area contributed by atoms with Crippen molar-refractivity contribution in [1.29, 1.82) is 0 Å². The topological polar surface area (TPSA) is 0 Å². The van der Waals surface area contributed by atoms with Crippen LogP contribution < -0.4 is 0 Å². The molecule has 0 heterocycles. The predicted molar refractivity (Wildman–Crippen MR) is 39.7 cm³/mol. The zero-order valence-electron chi connectivity index (χ0n) is 2.33. The number of hydrogen-bond acceptors (Lipinski definition) is 0. The average Bonchev–Trinajstić information content (AvgIpc) is 0.811. The van der Waals surface area contributed by atoms with Crippen molar-refractivity contribution in [2.45, 2.75) is 5.79 Å². The Balaban J connectivity index is 2.32. The largest absolute Gasteiger partial charge is 0.442 e. The van der Waals surface area contributed by atoms with E-state index in [0.29, 0.717) is 0 Å². The van der Waals surface area contributed by atoms with Crippen molar-refractivity contribution >= 4 is 48.1 Å². The molecule has 0 saturated heterocycles. The van der Waals surface area contributed by atoms with Gasteiger partial charge in [0.05, 0.1) is 0 Å². The van der Waals surface area contributed by atoms with Gasteiger partial charge in [0.25, 0.3) is 0 Å². The van der Waals surface area contributed by atoms with Gasteiger partial charge in [-0.3, -0.25) is 0 Å². The second kappa shape index (κ2) is 3.19. The first-order chi connectivity index (χ1) is 1.73. The first-order valence-electron chi connectivity index (χ1n) is 1.01. The molecule has 0 saturated carbocycles. The van der Waals surface area contributed by atoms with Crippen LogP contribution in [0.15, 0.2) is 0 Å². The Morgan fingerprint density at radius 1 is 1.50 bits per heavy atom. The smallest absolute Gasteiger partial charge is 0.191 e. The molecule has 0 bridgehead atoms. The Hall–Kier alpha value is 1.99. The SMILES string of the molecule is [CH3][Al]([I])[I]. The van der Waals surface area contributed by atoms with Crippen molar-refractivity contribution in [3.05, 3.63) is 0 Å². The molecule has 0 spiro atoms. The highest BCUT2D eigenvalue weighted by Crippen LogP contribution is 1.99. The van der Waals surface area contributed by atoms with Crippen LogP contribution >= 0.6 is 40.5 Å². The van der Waals surface area contributed by atoms with Crippen LogP contribution in [0.25, 0.3) is 0 Å². The molecule has 0 aliphatic heterocycles. The highest BCUT2D eigenvalue weighted by Gasteiger charge is 1.90. The van der Waals surface area contributed by atoms with Crippen LogP contribution in [-0.2, 0) is 0 Å². The Bertz CT molecular complexity index is 10.8. The normalized spacial score (nSPS) is 6.75. The van der Waals surface area contributed by atoms with E-state index in [4.69, 9.17) is 0 Å². The fraction of sp³-hybridized carbons (Fsp3) is 1.00. The second-order valence-corrected chi connectivity index (χ2v) is 19.9. The summed E-state index contributed by atoms with van der Waals surface area (Å²) in [5, 5.41) is 0. The van der Waals surface area contributed by atoms with Gasteiger partial charge in [0.1, 0.15) is 0 Å². The van der Waals surface area contributed by atoms with Gasteiger partial charge in [-0.1, -0.05) is 5.79 Å². The molecule has 0 N–H and O–H groups in total. The van der Waals surface area contributed by atoms with Crippen LogP contribution in [0.2, 0.25) is 5.79 Å². The maximum Gasteiger partial charge on any atom is 0.442 e. The lowest BCUT2D eigenvalue weighted by molar-refractivity contribution is 2.38.